The Balaban J connectivity index is 4.02. The molecule has 0 heterocycles. The van der Waals surface area contributed by atoms with Crippen LogP contribution in [0.25, 0.3) is 0 Å². The lowest BCUT2D eigenvalue weighted by Crippen LogP contribution is -2.34. The number of carbonyl (C=O) groups excluding carboxylic acids is 1. The average Bonchev–Trinajstić information content (AvgIpc) is 3.20. The lowest BCUT2D eigenvalue weighted by atomic mass is 10.0. The van der Waals surface area contributed by atoms with E-state index in [0.717, 1.165) is 38.5 Å². The van der Waals surface area contributed by atoms with Crippen LogP contribution in [0.15, 0.2) is 0 Å². The Morgan fingerprint density at radius 2 is 0.793 bits per heavy atom. The summed E-state index contributed by atoms with van der Waals surface area (Å²) in [5.41, 5.74) is 5.36. The monoisotopic (exact) mass is 848 g/mol. The van der Waals surface area contributed by atoms with E-state index in [1.807, 2.05) is 0 Å². The second kappa shape index (κ2) is 44.0. The standard InChI is InChI=1S/C47H94NO9P/c1-3-5-7-9-11-13-15-17-18-19-20-21-22-23-24-25-26-27-28-29-31-33-35-37-39-46(49)57-44(42-55-58(52,53)56-43-45(48)47(50)51)41-54-40-38-36-34-32-30-16-14-12-10-8-6-4-2/h44-45H,3-43,48H2,1-2H3,(H,50,51)(H,52,53)/t44-,45+/m1/s1. The number of carboxylic acid groups (broad SMARTS) is 1. The molecule has 11 heteroatoms. The molecule has 0 fully saturated rings. The Labute approximate surface area is 357 Å². The number of unbranched alkanes of at least 4 members (excludes halogenated alkanes) is 34. The van der Waals surface area contributed by atoms with Gasteiger partial charge in [0, 0.05) is 13.0 Å². The molecule has 1 unspecified atom stereocenters. The van der Waals surface area contributed by atoms with E-state index in [2.05, 4.69) is 13.8 Å². The fourth-order valence-electron chi connectivity index (χ4n) is 7.31. The van der Waals surface area contributed by atoms with Gasteiger partial charge in [-0.2, -0.15) is 0 Å². The zero-order valence-corrected chi connectivity index (χ0v) is 38.8. The molecule has 0 aromatic rings. The van der Waals surface area contributed by atoms with E-state index in [4.69, 9.17) is 29.4 Å². The lowest BCUT2D eigenvalue weighted by Gasteiger charge is -2.20. The molecule has 0 saturated carbocycles. The third-order valence-electron chi connectivity index (χ3n) is 11.1. The molecule has 0 amide bonds. The van der Waals surface area contributed by atoms with Gasteiger partial charge in [0.15, 0.2) is 0 Å². The summed E-state index contributed by atoms with van der Waals surface area (Å²) in [6.45, 7) is 3.94. The van der Waals surface area contributed by atoms with Gasteiger partial charge in [0.1, 0.15) is 12.1 Å². The van der Waals surface area contributed by atoms with Crippen LogP contribution in [-0.2, 0) is 32.7 Å². The van der Waals surface area contributed by atoms with Crippen molar-refractivity contribution in [2.45, 2.75) is 264 Å². The van der Waals surface area contributed by atoms with Gasteiger partial charge in [0.2, 0.25) is 0 Å². The van der Waals surface area contributed by atoms with Crippen LogP contribution in [0.4, 0.5) is 0 Å². The van der Waals surface area contributed by atoms with Crippen LogP contribution in [0, 0.1) is 0 Å². The molecule has 0 aromatic carbocycles. The van der Waals surface area contributed by atoms with E-state index in [0.29, 0.717) is 6.61 Å². The highest BCUT2D eigenvalue weighted by atomic mass is 31.2. The summed E-state index contributed by atoms with van der Waals surface area (Å²) in [5, 5.41) is 8.90. The van der Waals surface area contributed by atoms with Gasteiger partial charge in [-0.3, -0.25) is 18.6 Å². The zero-order chi connectivity index (χ0) is 42.6. The fraction of sp³-hybridized carbons (Fsp3) is 0.957. The molecule has 0 aromatic heterocycles. The Kier molecular flexibility index (Phi) is 43.3. The van der Waals surface area contributed by atoms with Crippen LogP contribution in [0.5, 0.6) is 0 Å². The van der Waals surface area contributed by atoms with E-state index in [1.165, 1.54) is 193 Å². The van der Waals surface area contributed by atoms with Crippen molar-refractivity contribution in [1.82, 2.24) is 0 Å². The Morgan fingerprint density at radius 1 is 0.483 bits per heavy atom. The number of carboxylic acids is 1. The van der Waals surface area contributed by atoms with Gasteiger partial charge in [-0.05, 0) is 12.8 Å². The maximum absolute atomic E-state index is 12.7. The summed E-state index contributed by atoms with van der Waals surface area (Å²) in [6, 6.07) is -1.47. The third-order valence-corrected chi connectivity index (χ3v) is 12.1. The first-order chi connectivity index (χ1) is 28.2. The van der Waals surface area contributed by atoms with Crippen LogP contribution in [-0.4, -0.2) is 60.5 Å². The normalized spacial score (nSPS) is 13.7. The topological polar surface area (TPSA) is 155 Å². The van der Waals surface area contributed by atoms with Crippen molar-refractivity contribution in [1.29, 1.82) is 0 Å². The predicted octanol–water partition coefficient (Wildman–Crippen LogP) is 13.9. The first-order valence-electron chi connectivity index (χ1n) is 24.6. The van der Waals surface area contributed by atoms with E-state index in [1.54, 1.807) is 0 Å². The molecule has 0 aliphatic carbocycles. The minimum absolute atomic E-state index is 0.0256. The minimum Gasteiger partial charge on any atom is -0.480 e. The average molecular weight is 848 g/mol. The van der Waals surface area contributed by atoms with Crippen LogP contribution in [0.3, 0.4) is 0 Å². The SMILES string of the molecule is CCCCCCCCCCCCCCCCCCCCCCCCCCC(=O)O[C@H](COCCCCCCCCCCCCCC)COP(=O)(O)OC[C@H](N)C(=O)O. The van der Waals surface area contributed by atoms with Crippen molar-refractivity contribution in [2.75, 3.05) is 26.4 Å². The molecule has 4 N–H and O–H groups in total. The van der Waals surface area contributed by atoms with Gasteiger partial charge in [-0.1, -0.05) is 232 Å². The molecule has 0 spiro atoms. The highest BCUT2D eigenvalue weighted by Gasteiger charge is 2.27. The number of nitrogens with two attached hydrogens (primary N) is 1. The van der Waals surface area contributed by atoms with Gasteiger partial charge in [-0.25, -0.2) is 4.57 Å². The molecule has 10 nitrogen and oxygen atoms in total. The summed E-state index contributed by atoms with van der Waals surface area (Å²) in [4.78, 5) is 33.6. The Morgan fingerprint density at radius 3 is 1.14 bits per heavy atom. The van der Waals surface area contributed by atoms with Crippen LogP contribution in [0.1, 0.15) is 251 Å². The van der Waals surface area contributed by atoms with E-state index < -0.39 is 45.1 Å². The highest BCUT2D eigenvalue weighted by molar-refractivity contribution is 7.47. The van der Waals surface area contributed by atoms with Crippen LogP contribution >= 0.6 is 7.82 Å². The maximum atomic E-state index is 12.7. The van der Waals surface area contributed by atoms with Gasteiger partial charge >= 0.3 is 19.8 Å². The molecule has 58 heavy (non-hydrogen) atoms. The number of esters is 1. The summed E-state index contributed by atoms with van der Waals surface area (Å²) >= 11 is 0. The molecule has 3 atom stereocenters. The smallest absolute Gasteiger partial charge is 0.472 e. The molecule has 0 saturated heterocycles. The number of phosphoric ester groups is 1. The second-order valence-electron chi connectivity index (χ2n) is 17.0. The van der Waals surface area contributed by atoms with E-state index >= 15 is 0 Å². The third kappa shape index (κ3) is 43.1. The molecule has 0 aliphatic rings. The fourth-order valence-corrected chi connectivity index (χ4v) is 8.09. The quantitative estimate of drug-likeness (QED) is 0.0306. The maximum Gasteiger partial charge on any atom is 0.472 e. The minimum atomic E-state index is -4.61. The zero-order valence-electron chi connectivity index (χ0n) is 37.9. The molecular formula is C47H94NO9P. The lowest BCUT2D eigenvalue weighted by molar-refractivity contribution is -0.154. The molecule has 346 valence electrons. The molecule has 0 rings (SSSR count). The van der Waals surface area contributed by atoms with Crippen molar-refractivity contribution in [3.05, 3.63) is 0 Å². The van der Waals surface area contributed by atoms with Gasteiger partial charge in [0.05, 0.1) is 19.8 Å². The largest absolute Gasteiger partial charge is 0.480 e. The highest BCUT2D eigenvalue weighted by Crippen LogP contribution is 2.43. The number of carbonyl (C=O) groups is 2. The summed E-state index contributed by atoms with van der Waals surface area (Å²) in [6.07, 6.45) is 45.9. The molecular weight excluding hydrogens is 753 g/mol. The van der Waals surface area contributed by atoms with Crippen molar-refractivity contribution >= 4 is 19.8 Å². The number of phosphoric acid groups is 1. The summed E-state index contributed by atoms with van der Waals surface area (Å²) < 4.78 is 33.4. The summed E-state index contributed by atoms with van der Waals surface area (Å²) in [7, 11) is -4.61. The van der Waals surface area contributed by atoms with Gasteiger partial charge in [-0.15, -0.1) is 0 Å². The molecule has 0 aliphatic heterocycles. The first-order valence-corrected chi connectivity index (χ1v) is 26.1. The van der Waals surface area contributed by atoms with Gasteiger partial charge in [0.25, 0.3) is 0 Å². The second-order valence-corrected chi connectivity index (χ2v) is 18.4. The molecule has 0 bridgehead atoms. The van der Waals surface area contributed by atoms with E-state index in [-0.39, 0.29) is 13.0 Å². The number of hydrogen-bond donors (Lipinski definition) is 3. The number of ether oxygens (including phenoxy) is 2. The van der Waals surface area contributed by atoms with Crippen molar-refractivity contribution in [3.63, 3.8) is 0 Å². The first kappa shape index (κ1) is 57.0. The van der Waals surface area contributed by atoms with Crippen LogP contribution in [0.2, 0.25) is 0 Å². The van der Waals surface area contributed by atoms with Crippen molar-refractivity contribution in [2.24, 2.45) is 5.73 Å². The van der Waals surface area contributed by atoms with Crippen LogP contribution < -0.4 is 5.73 Å². The van der Waals surface area contributed by atoms with Gasteiger partial charge < -0.3 is 25.2 Å². The molecule has 0 radical (unpaired) electrons. The van der Waals surface area contributed by atoms with Crippen molar-refractivity contribution < 1.29 is 42.7 Å². The Hall–Kier alpha value is -1.03. The van der Waals surface area contributed by atoms with Crippen molar-refractivity contribution in [3.8, 4) is 0 Å². The number of hydrogen-bond acceptors (Lipinski definition) is 8. The van der Waals surface area contributed by atoms with E-state index in [9.17, 15) is 19.0 Å². The number of aliphatic carboxylic acids is 1. The predicted molar refractivity (Wildman–Crippen MR) is 240 cm³/mol. The Bertz CT molecular complexity index is 940. The summed E-state index contributed by atoms with van der Waals surface area (Å²) in [5.74, 6) is -1.76. The number of rotatable bonds is 48.